The number of carbonyl (C=O) groups is 1. The molecular weight excluding hydrogens is 176 g/mol. The minimum atomic E-state index is -0.675. The zero-order valence-electron chi connectivity index (χ0n) is 9.81. The fraction of sp³-hybridized carbons (Fsp3) is 0.917. The highest BCUT2D eigenvalue weighted by Crippen LogP contribution is 2.24. The Bertz CT molecular complexity index is 162. The third-order valence-electron chi connectivity index (χ3n) is 2.73. The SMILES string of the molecule is CCCCCCCCC(C)(C)C(=O)O. The standard InChI is InChI=1S/C12H24O2/c1-4-5-6-7-8-9-10-12(2,3)11(13)14/h4-10H2,1-3H3,(H,13,14). The second-order valence-corrected chi connectivity index (χ2v) is 4.71. The summed E-state index contributed by atoms with van der Waals surface area (Å²) in [7, 11) is 0. The van der Waals surface area contributed by atoms with Crippen molar-refractivity contribution >= 4 is 5.97 Å². The van der Waals surface area contributed by atoms with Gasteiger partial charge in [0.05, 0.1) is 5.41 Å². The van der Waals surface area contributed by atoms with Crippen LogP contribution in [0.2, 0.25) is 0 Å². The molecule has 0 saturated heterocycles. The first-order valence-electron chi connectivity index (χ1n) is 5.74. The molecule has 0 saturated carbocycles. The number of hydrogen-bond donors (Lipinski definition) is 1. The zero-order chi connectivity index (χ0) is 11.0. The molecule has 0 aliphatic heterocycles. The van der Waals surface area contributed by atoms with Gasteiger partial charge in [0.2, 0.25) is 0 Å². The molecule has 84 valence electrons. The van der Waals surface area contributed by atoms with Gasteiger partial charge < -0.3 is 5.11 Å². The van der Waals surface area contributed by atoms with Gasteiger partial charge in [-0.1, -0.05) is 45.4 Å². The maximum absolute atomic E-state index is 10.8. The molecule has 14 heavy (non-hydrogen) atoms. The molecule has 2 heteroatoms. The Balaban J connectivity index is 3.40. The van der Waals surface area contributed by atoms with E-state index in [2.05, 4.69) is 6.92 Å². The average Bonchev–Trinajstić information content (AvgIpc) is 2.10. The van der Waals surface area contributed by atoms with E-state index in [1.807, 2.05) is 0 Å². The molecule has 0 fully saturated rings. The van der Waals surface area contributed by atoms with Crippen LogP contribution in [0.4, 0.5) is 0 Å². The largest absolute Gasteiger partial charge is 0.481 e. The van der Waals surface area contributed by atoms with Crippen LogP contribution in [0.1, 0.15) is 65.7 Å². The van der Waals surface area contributed by atoms with Gasteiger partial charge in [-0.25, -0.2) is 0 Å². The van der Waals surface area contributed by atoms with Crippen LogP contribution in [-0.2, 0) is 4.79 Å². The van der Waals surface area contributed by atoms with Crippen LogP contribution < -0.4 is 0 Å². The van der Waals surface area contributed by atoms with Gasteiger partial charge in [0.25, 0.3) is 0 Å². The Morgan fingerprint density at radius 2 is 1.57 bits per heavy atom. The first kappa shape index (κ1) is 13.5. The lowest BCUT2D eigenvalue weighted by atomic mass is 9.87. The van der Waals surface area contributed by atoms with Crippen molar-refractivity contribution < 1.29 is 9.90 Å². The Hall–Kier alpha value is -0.530. The third kappa shape index (κ3) is 6.01. The summed E-state index contributed by atoms with van der Waals surface area (Å²) in [5.74, 6) is -0.675. The number of carboxylic acid groups (broad SMARTS) is 1. The van der Waals surface area contributed by atoms with Crippen molar-refractivity contribution in [2.75, 3.05) is 0 Å². The predicted molar refractivity (Wildman–Crippen MR) is 59.4 cm³/mol. The molecule has 1 N–H and O–H groups in total. The number of unbranched alkanes of at least 4 members (excludes halogenated alkanes) is 5. The molecule has 0 unspecified atom stereocenters. The highest BCUT2D eigenvalue weighted by molar-refractivity contribution is 5.73. The van der Waals surface area contributed by atoms with Gasteiger partial charge in [0, 0.05) is 0 Å². The first-order valence-corrected chi connectivity index (χ1v) is 5.74. The van der Waals surface area contributed by atoms with E-state index in [-0.39, 0.29) is 0 Å². The molecule has 0 radical (unpaired) electrons. The van der Waals surface area contributed by atoms with Crippen LogP contribution in [0.15, 0.2) is 0 Å². The fourth-order valence-electron chi connectivity index (χ4n) is 1.45. The van der Waals surface area contributed by atoms with Gasteiger partial charge in [0.1, 0.15) is 0 Å². The van der Waals surface area contributed by atoms with Crippen LogP contribution in [0.25, 0.3) is 0 Å². The van der Waals surface area contributed by atoms with Crippen LogP contribution >= 0.6 is 0 Å². The molecular formula is C12H24O2. The molecule has 0 aromatic heterocycles. The molecule has 0 bridgehead atoms. The van der Waals surface area contributed by atoms with Gasteiger partial charge in [-0.2, -0.15) is 0 Å². The monoisotopic (exact) mass is 200 g/mol. The lowest BCUT2D eigenvalue weighted by molar-refractivity contribution is -0.147. The van der Waals surface area contributed by atoms with Gasteiger partial charge in [-0.05, 0) is 20.3 Å². The van der Waals surface area contributed by atoms with Gasteiger partial charge in [-0.3, -0.25) is 4.79 Å². The van der Waals surface area contributed by atoms with Gasteiger partial charge in [-0.15, -0.1) is 0 Å². The summed E-state index contributed by atoms with van der Waals surface area (Å²) in [6, 6.07) is 0. The van der Waals surface area contributed by atoms with E-state index in [1.165, 1.54) is 32.1 Å². The molecule has 2 nitrogen and oxygen atoms in total. The summed E-state index contributed by atoms with van der Waals surface area (Å²) in [6.07, 6.45) is 8.14. The number of aliphatic carboxylic acids is 1. The van der Waals surface area contributed by atoms with E-state index in [0.717, 1.165) is 12.8 Å². The second kappa shape index (κ2) is 6.86. The Morgan fingerprint density at radius 3 is 2.07 bits per heavy atom. The second-order valence-electron chi connectivity index (χ2n) is 4.71. The van der Waals surface area contributed by atoms with Crippen LogP contribution in [0.5, 0.6) is 0 Å². The first-order chi connectivity index (χ1) is 6.50. The summed E-state index contributed by atoms with van der Waals surface area (Å²) in [5, 5.41) is 8.88. The maximum Gasteiger partial charge on any atom is 0.309 e. The lowest BCUT2D eigenvalue weighted by Gasteiger charge is -2.18. The topological polar surface area (TPSA) is 37.3 Å². The molecule has 0 rings (SSSR count). The van der Waals surface area contributed by atoms with E-state index in [9.17, 15) is 4.79 Å². The van der Waals surface area contributed by atoms with Crippen molar-refractivity contribution in [2.45, 2.75) is 65.7 Å². The molecule has 0 aliphatic rings. The van der Waals surface area contributed by atoms with Gasteiger partial charge >= 0.3 is 5.97 Å². The fourth-order valence-corrected chi connectivity index (χ4v) is 1.45. The molecule has 0 heterocycles. The molecule has 0 aromatic rings. The van der Waals surface area contributed by atoms with Crippen LogP contribution in [0.3, 0.4) is 0 Å². The number of hydrogen-bond acceptors (Lipinski definition) is 1. The lowest BCUT2D eigenvalue weighted by Crippen LogP contribution is -2.23. The Kier molecular flexibility index (Phi) is 6.60. The van der Waals surface area contributed by atoms with E-state index in [1.54, 1.807) is 13.8 Å². The highest BCUT2D eigenvalue weighted by Gasteiger charge is 2.25. The minimum Gasteiger partial charge on any atom is -0.481 e. The molecule has 0 amide bonds. The zero-order valence-corrected chi connectivity index (χ0v) is 9.81. The van der Waals surface area contributed by atoms with E-state index < -0.39 is 11.4 Å². The Morgan fingerprint density at radius 1 is 1.07 bits per heavy atom. The van der Waals surface area contributed by atoms with E-state index >= 15 is 0 Å². The van der Waals surface area contributed by atoms with E-state index in [4.69, 9.17) is 5.11 Å². The van der Waals surface area contributed by atoms with Crippen molar-refractivity contribution in [3.05, 3.63) is 0 Å². The third-order valence-corrected chi connectivity index (χ3v) is 2.73. The van der Waals surface area contributed by atoms with Crippen molar-refractivity contribution in [2.24, 2.45) is 5.41 Å². The molecule has 0 aliphatic carbocycles. The summed E-state index contributed by atoms with van der Waals surface area (Å²) in [6.45, 7) is 5.82. The number of carboxylic acids is 1. The quantitative estimate of drug-likeness (QED) is 0.604. The summed E-state index contributed by atoms with van der Waals surface area (Å²) in [4.78, 5) is 10.8. The van der Waals surface area contributed by atoms with Crippen molar-refractivity contribution in [1.82, 2.24) is 0 Å². The minimum absolute atomic E-state index is 0.537. The van der Waals surface area contributed by atoms with Crippen LogP contribution in [-0.4, -0.2) is 11.1 Å². The predicted octanol–water partition coefficient (Wildman–Crippen LogP) is 3.85. The highest BCUT2D eigenvalue weighted by atomic mass is 16.4. The van der Waals surface area contributed by atoms with Crippen LogP contribution in [0, 0.1) is 5.41 Å². The Labute approximate surface area is 87.7 Å². The average molecular weight is 200 g/mol. The van der Waals surface area contributed by atoms with Gasteiger partial charge in [0.15, 0.2) is 0 Å². The summed E-state index contributed by atoms with van der Waals surface area (Å²) in [5.41, 5.74) is -0.537. The summed E-state index contributed by atoms with van der Waals surface area (Å²) >= 11 is 0. The normalized spacial score (nSPS) is 11.6. The smallest absolute Gasteiger partial charge is 0.309 e. The molecule has 0 atom stereocenters. The number of rotatable bonds is 8. The van der Waals surface area contributed by atoms with E-state index in [0.29, 0.717) is 0 Å². The van der Waals surface area contributed by atoms with Crippen molar-refractivity contribution in [3.8, 4) is 0 Å². The van der Waals surface area contributed by atoms with Crippen molar-refractivity contribution in [3.63, 3.8) is 0 Å². The maximum atomic E-state index is 10.8. The molecule has 0 aromatic carbocycles. The van der Waals surface area contributed by atoms with Crippen molar-refractivity contribution in [1.29, 1.82) is 0 Å². The molecule has 0 spiro atoms. The summed E-state index contributed by atoms with van der Waals surface area (Å²) < 4.78 is 0.